The summed E-state index contributed by atoms with van der Waals surface area (Å²) in [5.41, 5.74) is 1.61. The summed E-state index contributed by atoms with van der Waals surface area (Å²) in [5.74, 6) is 0.663. The normalized spacial score (nSPS) is 17.6. The molecule has 29 heavy (non-hydrogen) atoms. The molecule has 5 rings (SSSR count). The van der Waals surface area contributed by atoms with Crippen LogP contribution in [0, 0.1) is 0 Å². The van der Waals surface area contributed by atoms with Gasteiger partial charge >= 0.3 is 0 Å². The number of aromatic nitrogens is 5. The van der Waals surface area contributed by atoms with Crippen LogP contribution in [0.3, 0.4) is 0 Å². The first-order valence-electron chi connectivity index (χ1n) is 10.1. The van der Waals surface area contributed by atoms with Crippen molar-refractivity contribution in [2.24, 2.45) is 0 Å². The zero-order valence-electron chi connectivity index (χ0n) is 16.1. The summed E-state index contributed by atoms with van der Waals surface area (Å²) in [7, 11) is 0. The summed E-state index contributed by atoms with van der Waals surface area (Å²) in [6, 6.07) is 7.16. The van der Waals surface area contributed by atoms with Crippen molar-refractivity contribution in [2.45, 2.75) is 25.3 Å². The first kappa shape index (κ1) is 18.4. The van der Waals surface area contributed by atoms with Gasteiger partial charge in [-0.3, -0.25) is 14.7 Å². The van der Waals surface area contributed by atoms with Crippen molar-refractivity contribution in [1.82, 2.24) is 29.9 Å². The van der Waals surface area contributed by atoms with Gasteiger partial charge in [-0.15, -0.1) is 10.2 Å². The van der Waals surface area contributed by atoms with Crippen molar-refractivity contribution in [1.29, 1.82) is 0 Å². The molecule has 150 valence electrons. The molecule has 8 nitrogen and oxygen atoms in total. The number of hydrogen-bond donors (Lipinski definition) is 0. The van der Waals surface area contributed by atoms with Gasteiger partial charge in [-0.2, -0.15) is 5.10 Å². The van der Waals surface area contributed by atoms with Crippen molar-refractivity contribution < 1.29 is 0 Å². The van der Waals surface area contributed by atoms with E-state index < -0.39 is 0 Å². The van der Waals surface area contributed by atoms with E-state index in [1.807, 2.05) is 12.1 Å². The van der Waals surface area contributed by atoms with E-state index in [1.165, 1.54) is 17.8 Å². The Hall–Kier alpha value is -2.65. The molecule has 2 aliphatic rings. The van der Waals surface area contributed by atoms with Crippen LogP contribution in [0.25, 0.3) is 11.3 Å². The standard InChI is InChI=1S/C20H23N7OS/c28-18-6-5-17(16-2-1-7-21-14-16)24-27(18)13-10-25-8-11-26(12-9-25)20-23-22-19(29-20)15-3-4-15/h1-2,5-7,14-15H,3-4,8-13H2. The predicted octanol–water partition coefficient (Wildman–Crippen LogP) is 1.86. The molecule has 0 aromatic carbocycles. The van der Waals surface area contributed by atoms with Gasteiger partial charge in [0.2, 0.25) is 5.13 Å². The minimum atomic E-state index is -0.0715. The second-order valence-corrected chi connectivity index (χ2v) is 8.54. The fourth-order valence-corrected chi connectivity index (χ4v) is 4.59. The van der Waals surface area contributed by atoms with Crippen molar-refractivity contribution in [3.8, 4) is 11.3 Å². The van der Waals surface area contributed by atoms with E-state index in [4.69, 9.17) is 0 Å². The van der Waals surface area contributed by atoms with Crippen molar-refractivity contribution in [3.05, 3.63) is 52.0 Å². The molecule has 2 fully saturated rings. The number of piperazine rings is 1. The number of pyridine rings is 1. The highest BCUT2D eigenvalue weighted by molar-refractivity contribution is 7.15. The van der Waals surface area contributed by atoms with E-state index in [9.17, 15) is 4.79 Å². The van der Waals surface area contributed by atoms with Crippen LogP contribution in [-0.2, 0) is 6.54 Å². The van der Waals surface area contributed by atoms with E-state index in [1.54, 1.807) is 40.5 Å². The van der Waals surface area contributed by atoms with Crippen LogP contribution in [-0.4, -0.2) is 62.6 Å². The maximum Gasteiger partial charge on any atom is 0.266 e. The maximum atomic E-state index is 12.2. The minimum Gasteiger partial charge on any atom is -0.344 e. The first-order valence-corrected chi connectivity index (χ1v) is 10.9. The van der Waals surface area contributed by atoms with Crippen molar-refractivity contribution in [2.75, 3.05) is 37.6 Å². The summed E-state index contributed by atoms with van der Waals surface area (Å²) in [5, 5.41) is 15.5. The third kappa shape index (κ3) is 4.20. The second kappa shape index (κ2) is 8.00. The molecule has 1 saturated carbocycles. The van der Waals surface area contributed by atoms with E-state index >= 15 is 0 Å². The molecule has 0 unspecified atom stereocenters. The molecule has 0 radical (unpaired) electrons. The lowest BCUT2D eigenvalue weighted by Crippen LogP contribution is -2.47. The van der Waals surface area contributed by atoms with Crippen LogP contribution in [0.4, 0.5) is 5.13 Å². The molecule has 3 aromatic rings. The average Bonchev–Trinajstić information content (AvgIpc) is 3.51. The predicted molar refractivity (Wildman–Crippen MR) is 112 cm³/mol. The van der Waals surface area contributed by atoms with Gasteiger partial charge in [0.15, 0.2) is 0 Å². The fraction of sp³-hybridized carbons (Fsp3) is 0.450. The molecule has 1 aliphatic heterocycles. The van der Waals surface area contributed by atoms with Crippen LogP contribution < -0.4 is 10.5 Å². The van der Waals surface area contributed by atoms with Gasteiger partial charge in [-0.05, 0) is 31.0 Å². The molecule has 4 heterocycles. The van der Waals surface area contributed by atoms with E-state index in [-0.39, 0.29) is 5.56 Å². The van der Waals surface area contributed by atoms with Crippen LogP contribution in [0.15, 0.2) is 41.5 Å². The van der Waals surface area contributed by atoms with Gasteiger partial charge in [0.1, 0.15) is 5.01 Å². The molecule has 0 atom stereocenters. The number of nitrogens with zero attached hydrogens (tertiary/aromatic N) is 7. The van der Waals surface area contributed by atoms with E-state index in [0.29, 0.717) is 12.5 Å². The molecule has 1 saturated heterocycles. The van der Waals surface area contributed by atoms with Gasteiger partial charge in [0, 0.05) is 62.7 Å². The molecule has 0 N–H and O–H groups in total. The minimum absolute atomic E-state index is 0.0715. The molecular formula is C20H23N7OS. The highest BCUT2D eigenvalue weighted by Crippen LogP contribution is 2.42. The molecule has 1 aliphatic carbocycles. The Morgan fingerprint density at radius 3 is 2.66 bits per heavy atom. The van der Waals surface area contributed by atoms with Crippen LogP contribution >= 0.6 is 11.3 Å². The monoisotopic (exact) mass is 409 g/mol. The third-order valence-corrected chi connectivity index (χ3v) is 6.60. The quantitative estimate of drug-likeness (QED) is 0.615. The number of anilines is 1. The SMILES string of the molecule is O=c1ccc(-c2cccnc2)nn1CCN1CCN(c2nnc(C3CC3)s2)CC1. The Balaban J connectivity index is 1.17. The highest BCUT2D eigenvalue weighted by atomic mass is 32.1. The third-order valence-electron chi connectivity index (χ3n) is 5.45. The van der Waals surface area contributed by atoms with Gasteiger partial charge in [0.25, 0.3) is 5.56 Å². The van der Waals surface area contributed by atoms with Crippen molar-refractivity contribution >= 4 is 16.5 Å². The number of rotatable bonds is 6. The Labute approximate surface area is 172 Å². The average molecular weight is 410 g/mol. The smallest absolute Gasteiger partial charge is 0.266 e. The van der Waals surface area contributed by atoms with Crippen LogP contribution in [0.5, 0.6) is 0 Å². The summed E-state index contributed by atoms with van der Waals surface area (Å²) >= 11 is 1.75. The Bertz CT molecular complexity index is 1020. The van der Waals surface area contributed by atoms with Gasteiger partial charge < -0.3 is 4.90 Å². The fourth-order valence-electron chi connectivity index (χ4n) is 3.53. The zero-order valence-corrected chi connectivity index (χ0v) is 17.0. The van der Waals surface area contributed by atoms with Gasteiger partial charge in [-0.1, -0.05) is 11.3 Å². The van der Waals surface area contributed by atoms with Crippen LogP contribution in [0.2, 0.25) is 0 Å². The van der Waals surface area contributed by atoms with E-state index in [0.717, 1.165) is 49.1 Å². The first-order chi connectivity index (χ1) is 14.3. The molecule has 3 aromatic heterocycles. The Morgan fingerprint density at radius 1 is 1.03 bits per heavy atom. The molecular weight excluding hydrogens is 386 g/mol. The maximum absolute atomic E-state index is 12.2. The molecule has 0 bridgehead atoms. The Kier molecular flexibility index (Phi) is 5.07. The lowest BCUT2D eigenvalue weighted by Gasteiger charge is -2.34. The van der Waals surface area contributed by atoms with Crippen molar-refractivity contribution in [3.63, 3.8) is 0 Å². The molecule has 0 spiro atoms. The molecule has 0 amide bonds. The Morgan fingerprint density at radius 2 is 1.90 bits per heavy atom. The second-order valence-electron chi connectivity index (χ2n) is 7.55. The zero-order chi connectivity index (χ0) is 19.6. The van der Waals surface area contributed by atoms with E-state index in [2.05, 4.69) is 30.1 Å². The summed E-state index contributed by atoms with van der Waals surface area (Å²) in [4.78, 5) is 21.1. The largest absolute Gasteiger partial charge is 0.344 e. The lowest BCUT2D eigenvalue weighted by atomic mass is 10.2. The molecule has 9 heteroatoms. The topological polar surface area (TPSA) is 80.0 Å². The summed E-state index contributed by atoms with van der Waals surface area (Å²) < 4.78 is 1.56. The lowest BCUT2D eigenvalue weighted by molar-refractivity contribution is 0.242. The number of hydrogen-bond acceptors (Lipinski definition) is 8. The van der Waals surface area contributed by atoms with Gasteiger partial charge in [-0.25, -0.2) is 4.68 Å². The highest BCUT2D eigenvalue weighted by Gasteiger charge is 2.29. The summed E-state index contributed by atoms with van der Waals surface area (Å²) in [6.07, 6.45) is 6.02. The van der Waals surface area contributed by atoms with Crippen LogP contribution in [0.1, 0.15) is 23.8 Å². The van der Waals surface area contributed by atoms with Gasteiger partial charge in [0.05, 0.1) is 12.2 Å². The summed E-state index contributed by atoms with van der Waals surface area (Å²) in [6.45, 7) is 5.18.